The van der Waals surface area contributed by atoms with Crippen molar-refractivity contribution in [2.75, 3.05) is 12.4 Å². The lowest BCUT2D eigenvalue weighted by molar-refractivity contribution is -0.140. The number of hydrogen-bond donors (Lipinski definition) is 2. The molecule has 0 aromatic carbocycles. The summed E-state index contributed by atoms with van der Waals surface area (Å²) in [6.45, 7) is -0.745. The summed E-state index contributed by atoms with van der Waals surface area (Å²) in [4.78, 5) is 30.2. The lowest BCUT2D eigenvalue weighted by Crippen LogP contribution is -2.11. The molecule has 0 aromatic heterocycles. The number of carbonyl (C=O) groups excluding carboxylic acids is 1. The number of rotatable bonds is 4. The molecule has 7 heteroatoms. The van der Waals surface area contributed by atoms with Crippen LogP contribution in [0.15, 0.2) is 0 Å². The Hall–Kier alpha value is -1.24. The molecule has 0 aliphatic heterocycles. The van der Waals surface area contributed by atoms with E-state index in [9.17, 15) is 14.4 Å². The fourth-order valence-corrected chi connectivity index (χ4v) is 0.667. The molecule has 0 unspecified atom stereocenters. The molecule has 0 saturated heterocycles. The van der Waals surface area contributed by atoms with Crippen LogP contribution < -0.4 is 0 Å². The predicted molar refractivity (Wildman–Crippen MR) is 39.1 cm³/mol. The summed E-state index contributed by atoms with van der Waals surface area (Å²) in [5, 5.41) is 15.2. The van der Waals surface area contributed by atoms with Gasteiger partial charge in [-0.3, -0.25) is 4.79 Å². The SMILES string of the molecule is O=C(O)COC(=O)SCC(=O)O. The van der Waals surface area contributed by atoms with Crippen LogP contribution in [0.25, 0.3) is 0 Å². The summed E-state index contributed by atoms with van der Waals surface area (Å²) in [7, 11) is 0. The fourth-order valence-electron chi connectivity index (χ4n) is 0.283. The van der Waals surface area contributed by atoms with E-state index in [0.717, 1.165) is 0 Å². The topological polar surface area (TPSA) is 101 Å². The Morgan fingerprint density at radius 3 is 2.17 bits per heavy atom. The lowest BCUT2D eigenvalue weighted by atomic mass is 10.8. The molecule has 0 aliphatic carbocycles. The van der Waals surface area contributed by atoms with Gasteiger partial charge in [-0.1, -0.05) is 0 Å². The molecule has 0 fully saturated rings. The van der Waals surface area contributed by atoms with Gasteiger partial charge < -0.3 is 14.9 Å². The van der Waals surface area contributed by atoms with Gasteiger partial charge in [0.2, 0.25) is 0 Å². The van der Waals surface area contributed by atoms with E-state index in [1.165, 1.54) is 0 Å². The third-order valence-corrected chi connectivity index (χ3v) is 1.37. The van der Waals surface area contributed by atoms with Crippen molar-refractivity contribution in [1.29, 1.82) is 0 Å². The number of carboxylic acid groups (broad SMARTS) is 2. The number of ether oxygens (including phenoxy) is 1. The molecule has 0 radical (unpaired) electrons. The maximum Gasteiger partial charge on any atom is 0.368 e. The third kappa shape index (κ3) is 6.87. The van der Waals surface area contributed by atoms with Crippen LogP contribution in [0.3, 0.4) is 0 Å². The molecule has 2 N–H and O–H groups in total. The van der Waals surface area contributed by atoms with Gasteiger partial charge in [0.15, 0.2) is 6.61 Å². The summed E-state index contributed by atoms with van der Waals surface area (Å²) in [5.74, 6) is -2.87. The molecule has 0 spiro atoms. The van der Waals surface area contributed by atoms with Crippen molar-refractivity contribution in [2.45, 2.75) is 0 Å². The van der Waals surface area contributed by atoms with E-state index < -0.39 is 29.6 Å². The van der Waals surface area contributed by atoms with Crippen molar-refractivity contribution in [1.82, 2.24) is 0 Å². The van der Waals surface area contributed by atoms with E-state index in [0.29, 0.717) is 11.8 Å². The van der Waals surface area contributed by atoms with Crippen LogP contribution >= 0.6 is 11.8 Å². The number of carbonyl (C=O) groups is 3. The van der Waals surface area contributed by atoms with Crippen LogP contribution in [-0.4, -0.2) is 39.8 Å². The first-order valence-electron chi connectivity index (χ1n) is 2.75. The maximum atomic E-state index is 10.5. The zero-order valence-electron chi connectivity index (χ0n) is 5.85. The standard InChI is InChI=1S/C5H6O6S/c6-3(7)1-11-5(10)12-2-4(8)9/h1-2H2,(H,6,7)(H,8,9). The van der Waals surface area contributed by atoms with E-state index in [4.69, 9.17) is 10.2 Å². The highest BCUT2D eigenvalue weighted by Crippen LogP contribution is 2.03. The van der Waals surface area contributed by atoms with Gasteiger partial charge in [0.25, 0.3) is 0 Å². The second-order valence-corrected chi connectivity index (χ2v) is 2.53. The summed E-state index contributed by atoms with van der Waals surface area (Å²) < 4.78 is 4.12. The Labute approximate surface area is 71.5 Å². The van der Waals surface area contributed by atoms with Gasteiger partial charge in [-0.25, -0.2) is 9.59 Å². The molecule has 0 aromatic rings. The van der Waals surface area contributed by atoms with E-state index in [1.807, 2.05) is 0 Å². The molecule has 0 atom stereocenters. The minimum atomic E-state index is -1.28. The predicted octanol–water partition coefficient (Wildman–Crippen LogP) is 0.0254. The van der Waals surface area contributed by atoms with Crippen molar-refractivity contribution < 1.29 is 29.3 Å². The second-order valence-electron chi connectivity index (χ2n) is 1.61. The van der Waals surface area contributed by atoms with Crippen LogP contribution in [0.4, 0.5) is 4.79 Å². The quantitative estimate of drug-likeness (QED) is 0.608. The molecular weight excluding hydrogens is 188 g/mol. The van der Waals surface area contributed by atoms with Gasteiger partial charge in [-0.15, -0.1) is 0 Å². The molecule has 68 valence electrons. The van der Waals surface area contributed by atoms with Gasteiger partial charge in [0, 0.05) is 0 Å². The number of thioether (sulfide) groups is 1. The number of aliphatic carboxylic acids is 2. The Kier molecular flexibility index (Phi) is 4.86. The van der Waals surface area contributed by atoms with Crippen molar-refractivity contribution in [3.63, 3.8) is 0 Å². The van der Waals surface area contributed by atoms with Gasteiger partial charge in [-0.05, 0) is 11.8 Å². The average molecular weight is 194 g/mol. The van der Waals surface area contributed by atoms with Crippen molar-refractivity contribution in [3.05, 3.63) is 0 Å². The summed E-state index contributed by atoms with van der Waals surface area (Å²) in [5.41, 5.74) is 0. The highest BCUT2D eigenvalue weighted by atomic mass is 32.2. The van der Waals surface area contributed by atoms with E-state index >= 15 is 0 Å². The largest absolute Gasteiger partial charge is 0.481 e. The first-order chi connectivity index (χ1) is 5.52. The van der Waals surface area contributed by atoms with Crippen LogP contribution in [0, 0.1) is 0 Å². The first kappa shape index (κ1) is 10.8. The molecule has 0 amide bonds. The van der Waals surface area contributed by atoms with Crippen molar-refractivity contribution >= 4 is 29.0 Å². The first-order valence-corrected chi connectivity index (χ1v) is 3.74. The minimum Gasteiger partial charge on any atom is -0.481 e. The lowest BCUT2D eigenvalue weighted by Gasteiger charge is -1.97. The minimum absolute atomic E-state index is 0.402. The van der Waals surface area contributed by atoms with Crippen LogP contribution in [0.1, 0.15) is 0 Å². The zero-order chi connectivity index (χ0) is 9.56. The van der Waals surface area contributed by atoms with E-state index in [2.05, 4.69) is 4.74 Å². The van der Waals surface area contributed by atoms with Crippen LogP contribution in [-0.2, 0) is 14.3 Å². The van der Waals surface area contributed by atoms with Gasteiger partial charge in [0.05, 0.1) is 0 Å². The summed E-state index contributed by atoms with van der Waals surface area (Å²) in [6, 6.07) is 0. The number of carboxylic acids is 2. The van der Waals surface area contributed by atoms with Crippen molar-refractivity contribution in [3.8, 4) is 0 Å². The molecule has 12 heavy (non-hydrogen) atoms. The monoisotopic (exact) mass is 194 g/mol. The molecular formula is C5H6O6S. The zero-order valence-corrected chi connectivity index (χ0v) is 6.67. The van der Waals surface area contributed by atoms with Gasteiger partial charge in [0.1, 0.15) is 5.75 Å². The van der Waals surface area contributed by atoms with E-state index in [1.54, 1.807) is 0 Å². The second kappa shape index (κ2) is 5.42. The Bertz CT molecular complexity index is 180. The van der Waals surface area contributed by atoms with Crippen molar-refractivity contribution in [2.24, 2.45) is 0 Å². The maximum absolute atomic E-state index is 10.5. The third-order valence-electron chi connectivity index (χ3n) is 0.627. The van der Waals surface area contributed by atoms with Crippen LogP contribution in [0.2, 0.25) is 0 Å². The van der Waals surface area contributed by atoms with E-state index in [-0.39, 0.29) is 0 Å². The number of hydrogen-bond acceptors (Lipinski definition) is 5. The average Bonchev–Trinajstić information content (AvgIpc) is 1.96. The fraction of sp³-hybridized carbons (Fsp3) is 0.400. The highest BCUT2D eigenvalue weighted by molar-refractivity contribution is 8.13. The van der Waals surface area contributed by atoms with Crippen LogP contribution in [0.5, 0.6) is 0 Å². The molecule has 0 rings (SSSR count). The summed E-state index contributed by atoms with van der Waals surface area (Å²) in [6.07, 6.45) is 0. The smallest absolute Gasteiger partial charge is 0.368 e. The molecule has 0 aliphatic rings. The highest BCUT2D eigenvalue weighted by Gasteiger charge is 2.08. The molecule has 0 bridgehead atoms. The summed E-state index contributed by atoms with van der Waals surface area (Å²) >= 11 is 0.402. The Balaban J connectivity index is 3.47. The molecule has 6 nitrogen and oxygen atoms in total. The van der Waals surface area contributed by atoms with Gasteiger partial charge >= 0.3 is 17.2 Å². The molecule has 0 heterocycles. The molecule has 0 saturated carbocycles. The Morgan fingerprint density at radius 2 is 1.75 bits per heavy atom. The van der Waals surface area contributed by atoms with Gasteiger partial charge in [-0.2, -0.15) is 0 Å². The normalized spacial score (nSPS) is 9.00. The Morgan fingerprint density at radius 1 is 1.17 bits per heavy atom.